The van der Waals surface area contributed by atoms with Crippen molar-refractivity contribution >= 4 is 11.6 Å². The summed E-state index contributed by atoms with van der Waals surface area (Å²) in [6.45, 7) is 3.06. The van der Waals surface area contributed by atoms with Crippen molar-refractivity contribution in [3.05, 3.63) is 53.1 Å². The fraction of sp³-hybridized carbons (Fsp3) is 0.375. The predicted molar refractivity (Wildman–Crippen MR) is 84.8 cm³/mol. The van der Waals surface area contributed by atoms with Crippen LogP contribution >= 0.6 is 11.6 Å². The van der Waals surface area contributed by atoms with Crippen LogP contribution < -0.4 is 10.1 Å². The first kappa shape index (κ1) is 15.7. The molecule has 0 aliphatic carbocycles. The molecule has 0 saturated heterocycles. The van der Waals surface area contributed by atoms with E-state index in [4.69, 9.17) is 16.3 Å². The summed E-state index contributed by atoms with van der Waals surface area (Å²) < 4.78 is 5.42. The highest BCUT2D eigenvalue weighted by atomic mass is 35.5. The molecular formula is C16H20ClN3O. The summed E-state index contributed by atoms with van der Waals surface area (Å²) in [7, 11) is 1.67. The smallest absolute Gasteiger partial charge is 0.122 e. The lowest BCUT2D eigenvalue weighted by Gasteiger charge is -2.19. The Morgan fingerprint density at radius 3 is 2.86 bits per heavy atom. The van der Waals surface area contributed by atoms with E-state index in [0.717, 1.165) is 36.4 Å². The van der Waals surface area contributed by atoms with Crippen molar-refractivity contribution in [1.82, 2.24) is 15.3 Å². The highest BCUT2D eigenvalue weighted by Crippen LogP contribution is 2.27. The van der Waals surface area contributed by atoms with Crippen molar-refractivity contribution in [1.29, 1.82) is 0 Å². The van der Waals surface area contributed by atoms with Crippen molar-refractivity contribution < 1.29 is 4.74 Å². The Bertz CT molecular complexity index is 563. The summed E-state index contributed by atoms with van der Waals surface area (Å²) in [5.74, 6) is 0.839. The summed E-state index contributed by atoms with van der Waals surface area (Å²) in [6.07, 6.45) is 7.00. The van der Waals surface area contributed by atoms with Gasteiger partial charge in [-0.1, -0.05) is 18.5 Å². The van der Waals surface area contributed by atoms with Crippen molar-refractivity contribution in [2.24, 2.45) is 0 Å². The van der Waals surface area contributed by atoms with Gasteiger partial charge in [0.05, 0.1) is 18.8 Å². The number of ether oxygens (including phenoxy) is 1. The highest BCUT2D eigenvalue weighted by Gasteiger charge is 2.16. The second kappa shape index (κ2) is 7.96. The molecule has 0 fully saturated rings. The van der Waals surface area contributed by atoms with Gasteiger partial charge in [-0.3, -0.25) is 9.97 Å². The van der Waals surface area contributed by atoms with E-state index in [1.807, 2.05) is 18.2 Å². The summed E-state index contributed by atoms with van der Waals surface area (Å²) in [6, 6.07) is 5.76. The quantitative estimate of drug-likeness (QED) is 0.851. The SMILES string of the molecule is CCCNC(Cc1cc(Cl)ccc1OC)c1cnccn1. The molecule has 2 rings (SSSR count). The van der Waals surface area contributed by atoms with Gasteiger partial charge in [0, 0.05) is 23.6 Å². The van der Waals surface area contributed by atoms with E-state index >= 15 is 0 Å². The molecule has 0 amide bonds. The molecule has 0 aliphatic heterocycles. The van der Waals surface area contributed by atoms with Crippen LogP contribution in [0.3, 0.4) is 0 Å². The van der Waals surface area contributed by atoms with E-state index in [1.54, 1.807) is 25.7 Å². The minimum Gasteiger partial charge on any atom is -0.496 e. The average Bonchev–Trinajstić information content (AvgIpc) is 2.52. The summed E-state index contributed by atoms with van der Waals surface area (Å²) in [5, 5.41) is 4.21. The van der Waals surface area contributed by atoms with Gasteiger partial charge >= 0.3 is 0 Å². The van der Waals surface area contributed by atoms with Crippen LogP contribution in [0, 0.1) is 0 Å². The van der Waals surface area contributed by atoms with Crippen LogP contribution in [0.15, 0.2) is 36.8 Å². The molecule has 112 valence electrons. The van der Waals surface area contributed by atoms with E-state index < -0.39 is 0 Å². The Hall–Kier alpha value is -1.65. The summed E-state index contributed by atoms with van der Waals surface area (Å²) >= 11 is 6.10. The molecule has 1 heterocycles. The van der Waals surface area contributed by atoms with E-state index in [1.165, 1.54) is 0 Å². The molecule has 1 aromatic carbocycles. The van der Waals surface area contributed by atoms with Crippen LogP contribution in [-0.2, 0) is 6.42 Å². The Morgan fingerprint density at radius 1 is 1.33 bits per heavy atom. The number of nitrogens with zero attached hydrogens (tertiary/aromatic N) is 2. The van der Waals surface area contributed by atoms with Crippen LogP contribution in [0.1, 0.15) is 30.6 Å². The fourth-order valence-electron chi connectivity index (χ4n) is 2.22. The van der Waals surface area contributed by atoms with Crippen LogP contribution in [0.5, 0.6) is 5.75 Å². The van der Waals surface area contributed by atoms with Gasteiger partial charge in [0.1, 0.15) is 5.75 Å². The average molecular weight is 306 g/mol. The number of rotatable bonds is 7. The topological polar surface area (TPSA) is 47.0 Å². The molecule has 4 nitrogen and oxygen atoms in total. The Balaban J connectivity index is 2.24. The van der Waals surface area contributed by atoms with Crippen molar-refractivity contribution in [2.45, 2.75) is 25.8 Å². The molecule has 1 atom stereocenters. The third-order valence-corrected chi connectivity index (χ3v) is 3.48. The number of aromatic nitrogens is 2. The molecule has 1 aromatic heterocycles. The van der Waals surface area contributed by atoms with Crippen LogP contribution in [0.25, 0.3) is 0 Å². The maximum Gasteiger partial charge on any atom is 0.122 e. The van der Waals surface area contributed by atoms with Gasteiger partial charge in [-0.15, -0.1) is 0 Å². The maximum atomic E-state index is 6.10. The zero-order chi connectivity index (χ0) is 15.1. The Morgan fingerprint density at radius 2 is 2.19 bits per heavy atom. The van der Waals surface area contributed by atoms with Crippen LogP contribution in [-0.4, -0.2) is 23.6 Å². The molecule has 1 unspecified atom stereocenters. The molecule has 1 N–H and O–H groups in total. The second-order valence-electron chi connectivity index (χ2n) is 4.80. The maximum absolute atomic E-state index is 6.10. The number of methoxy groups -OCH3 is 1. The highest BCUT2D eigenvalue weighted by molar-refractivity contribution is 6.30. The molecule has 0 saturated carbocycles. The van der Waals surface area contributed by atoms with Gasteiger partial charge in [-0.25, -0.2) is 0 Å². The summed E-state index contributed by atoms with van der Waals surface area (Å²) in [5.41, 5.74) is 1.98. The molecule has 0 bridgehead atoms. The molecule has 5 heteroatoms. The van der Waals surface area contributed by atoms with E-state index in [2.05, 4.69) is 22.2 Å². The fourth-order valence-corrected chi connectivity index (χ4v) is 2.41. The van der Waals surface area contributed by atoms with Gasteiger partial charge < -0.3 is 10.1 Å². The predicted octanol–water partition coefficient (Wildman–Crippen LogP) is 3.42. The van der Waals surface area contributed by atoms with E-state index in [-0.39, 0.29) is 6.04 Å². The van der Waals surface area contributed by atoms with Gasteiger partial charge in [0.25, 0.3) is 0 Å². The first-order valence-corrected chi connectivity index (χ1v) is 7.44. The van der Waals surface area contributed by atoms with Gasteiger partial charge in [-0.05, 0) is 43.1 Å². The lowest BCUT2D eigenvalue weighted by Crippen LogP contribution is -2.25. The van der Waals surface area contributed by atoms with Crippen molar-refractivity contribution in [3.8, 4) is 5.75 Å². The first-order valence-electron chi connectivity index (χ1n) is 7.06. The number of hydrogen-bond acceptors (Lipinski definition) is 4. The molecule has 0 aliphatic rings. The van der Waals surface area contributed by atoms with E-state index in [0.29, 0.717) is 5.02 Å². The Labute approximate surface area is 130 Å². The normalized spacial score (nSPS) is 12.1. The minimum absolute atomic E-state index is 0.0889. The number of hydrogen-bond donors (Lipinski definition) is 1. The zero-order valence-corrected chi connectivity index (χ0v) is 13.1. The largest absolute Gasteiger partial charge is 0.496 e. The minimum atomic E-state index is 0.0889. The van der Waals surface area contributed by atoms with Crippen molar-refractivity contribution in [2.75, 3.05) is 13.7 Å². The first-order chi connectivity index (χ1) is 10.2. The zero-order valence-electron chi connectivity index (χ0n) is 12.3. The lowest BCUT2D eigenvalue weighted by molar-refractivity contribution is 0.404. The van der Waals surface area contributed by atoms with Gasteiger partial charge in [0.15, 0.2) is 0 Å². The number of halogens is 1. The third kappa shape index (κ3) is 4.41. The Kier molecular flexibility index (Phi) is 5.96. The molecule has 0 radical (unpaired) electrons. The molecule has 2 aromatic rings. The van der Waals surface area contributed by atoms with Crippen molar-refractivity contribution in [3.63, 3.8) is 0 Å². The van der Waals surface area contributed by atoms with E-state index in [9.17, 15) is 0 Å². The van der Waals surface area contributed by atoms with Gasteiger partial charge in [0.2, 0.25) is 0 Å². The van der Waals surface area contributed by atoms with Crippen LogP contribution in [0.4, 0.5) is 0 Å². The van der Waals surface area contributed by atoms with Crippen LogP contribution in [0.2, 0.25) is 5.02 Å². The second-order valence-corrected chi connectivity index (χ2v) is 5.23. The third-order valence-electron chi connectivity index (χ3n) is 3.25. The molecule has 0 spiro atoms. The molecule has 21 heavy (non-hydrogen) atoms. The summed E-state index contributed by atoms with van der Waals surface area (Å²) in [4.78, 5) is 8.56. The lowest BCUT2D eigenvalue weighted by atomic mass is 10.0. The number of nitrogens with one attached hydrogen (secondary N) is 1. The monoisotopic (exact) mass is 305 g/mol. The standard InChI is InChI=1S/C16H20ClN3O/c1-3-6-19-14(15-11-18-7-8-20-15)10-12-9-13(17)4-5-16(12)21-2/h4-5,7-9,11,14,19H,3,6,10H2,1-2H3. The molecular weight excluding hydrogens is 286 g/mol. The number of benzene rings is 1. The van der Waals surface area contributed by atoms with Gasteiger partial charge in [-0.2, -0.15) is 0 Å².